The van der Waals surface area contributed by atoms with Crippen LogP contribution in [0.5, 0.6) is 0 Å². The van der Waals surface area contributed by atoms with E-state index in [2.05, 4.69) is 74.7 Å². The minimum absolute atomic E-state index is 0.0286. The summed E-state index contributed by atoms with van der Waals surface area (Å²) in [6.45, 7) is 6.77. The standard InChI is InChI=1S/C59H109N2O7P/c1-7-10-13-16-19-22-25-27-28-29-30-31-32-34-37-40-43-46-49-52-59(63)68-57(50-47-44-41-38-35-24-21-18-15-12-9-3)56(55-67-69(64,65)66-54-53-61(4,5)6)60-58(62)51-48-45-42-39-36-33-26-23-20-17-14-11-8-2/h19,22,27-28,30-31,33,36,47,50,56-57H,7-18,20-21,23-26,29,32,34-35,37-46,48-49,51-55H2,1-6H3,(H-,60,62,64,65)/b22-19-,28-27-,31-30-,36-33-,50-47-. The molecule has 3 unspecified atom stereocenters. The van der Waals surface area contributed by atoms with E-state index in [0.29, 0.717) is 30.3 Å². The highest BCUT2D eigenvalue weighted by Gasteiger charge is 2.27. The second-order valence-electron chi connectivity index (χ2n) is 20.4. The molecule has 402 valence electrons. The van der Waals surface area contributed by atoms with Gasteiger partial charge in [-0.2, -0.15) is 0 Å². The summed E-state index contributed by atoms with van der Waals surface area (Å²) in [7, 11) is 1.16. The van der Waals surface area contributed by atoms with Crippen molar-refractivity contribution in [2.24, 2.45) is 0 Å². The van der Waals surface area contributed by atoms with Crippen LogP contribution in [0.4, 0.5) is 0 Å². The number of carbonyl (C=O) groups is 2. The number of nitrogens with one attached hydrogen (secondary N) is 1. The fourth-order valence-electron chi connectivity index (χ4n) is 7.93. The Morgan fingerprint density at radius 1 is 0.507 bits per heavy atom. The van der Waals surface area contributed by atoms with Crippen molar-refractivity contribution in [3.63, 3.8) is 0 Å². The molecule has 0 aromatic carbocycles. The van der Waals surface area contributed by atoms with Crippen LogP contribution >= 0.6 is 7.82 Å². The Bertz CT molecular complexity index is 1370. The number of ether oxygens (including phenoxy) is 1. The number of phosphoric acid groups is 1. The van der Waals surface area contributed by atoms with Gasteiger partial charge in [0.25, 0.3) is 7.82 Å². The third-order valence-electron chi connectivity index (χ3n) is 12.4. The van der Waals surface area contributed by atoms with Gasteiger partial charge in [0.15, 0.2) is 0 Å². The van der Waals surface area contributed by atoms with Crippen molar-refractivity contribution in [2.45, 2.75) is 264 Å². The van der Waals surface area contributed by atoms with Crippen molar-refractivity contribution in [1.82, 2.24) is 5.32 Å². The number of esters is 1. The number of amides is 1. The zero-order chi connectivity index (χ0) is 50.8. The number of quaternary nitrogens is 1. The minimum Gasteiger partial charge on any atom is -0.756 e. The third-order valence-corrected chi connectivity index (χ3v) is 13.4. The van der Waals surface area contributed by atoms with Crippen molar-refractivity contribution >= 4 is 19.7 Å². The van der Waals surface area contributed by atoms with Crippen LogP contribution in [-0.4, -0.2) is 69.4 Å². The largest absolute Gasteiger partial charge is 0.756 e. The summed E-state index contributed by atoms with van der Waals surface area (Å²) < 4.78 is 30.2. The molecule has 0 fully saturated rings. The minimum atomic E-state index is -4.70. The summed E-state index contributed by atoms with van der Waals surface area (Å²) in [5.74, 6) is -0.575. The Morgan fingerprint density at radius 2 is 0.884 bits per heavy atom. The van der Waals surface area contributed by atoms with E-state index in [1.807, 2.05) is 33.3 Å². The van der Waals surface area contributed by atoms with Gasteiger partial charge < -0.3 is 28.5 Å². The molecule has 1 N–H and O–H groups in total. The van der Waals surface area contributed by atoms with Gasteiger partial charge in [0.2, 0.25) is 5.91 Å². The highest BCUT2D eigenvalue weighted by Crippen LogP contribution is 2.38. The molecule has 0 aromatic heterocycles. The molecule has 0 saturated heterocycles. The Balaban J connectivity index is 5.34. The topological polar surface area (TPSA) is 114 Å². The smallest absolute Gasteiger partial charge is 0.306 e. The van der Waals surface area contributed by atoms with E-state index in [-0.39, 0.29) is 24.9 Å². The van der Waals surface area contributed by atoms with E-state index >= 15 is 0 Å². The normalized spacial score (nSPS) is 14.2. The molecule has 0 saturated carbocycles. The Morgan fingerprint density at radius 3 is 1.38 bits per heavy atom. The van der Waals surface area contributed by atoms with E-state index < -0.39 is 26.6 Å². The van der Waals surface area contributed by atoms with Crippen molar-refractivity contribution in [2.75, 3.05) is 40.9 Å². The van der Waals surface area contributed by atoms with Crippen molar-refractivity contribution in [1.29, 1.82) is 0 Å². The first-order valence-electron chi connectivity index (χ1n) is 28.6. The fourth-order valence-corrected chi connectivity index (χ4v) is 8.66. The van der Waals surface area contributed by atoms with Crippen LogP contribution in [0.1, 0.15) is 252 Å². The first kappa shape index (κ1) is 66.7. The van der Waals surface area contributed by atoms with Gasteiger partial charge in [-0.1, -0.05) is 204 Å². The summed E-state index contributed by atoms with van der Waals surface area (Å²) in [6, 6.07) is -0.901. The van der Waals surface area contributed by atoms with Gasteiger partial charge in [-0.25, -0.2) is 0 Å². The summed E-state index contributed by atoms with van der Waals surface area (Å²) >= 11 is 0. The van der Waals surface area contributed by atoms with E-state index in [1.54, 1.807) is 0 Å². The van der Waals surface area contributed by atoms with Crippen LogP contribution in [0, 0.1) is 0 Å². The molecule has 0 aliphatic rings. The average molecular weight is 990 g/mol. The fraction of sp³-hybridized carbons (Fsp3) is 0.797. The van der Waals surface area contributed by atoms with Crippen LogP contribution in [-0.2, 0) is 27.9 Å². The van der Waals surface area contributed by atoms with E-state index in [0.717, 1.165) is 83.5 Å². The first-order valence-corrected chi connectivity index (χ1v) is 30.1. The van der Waals surface area contributed by atoms with Crippen LogP contribution in [0.25, 0.3) is 0 Å². The van der Waals surface area contributed by atoms with Crippen LogP contribution in [0.2, 0.25) is 0 Å². The van der Waals surface area contributed by atoms with Gasteiger partial charge in [0.1, 0.15) is 19.3 Å². The molecule has 10 heteroatoms. The second-order valence-corrected chi connectivity index (χ2v) is 21.8. The number of unbranched alkanes of at least 4 members (excludes halogenated alkanes) is 27. The lowest BCUT2D eigenvalue weighted by Crippen LogP contribution is -2.47. The molecule has 0 radical (unpaired) electrons. The maximum absolute atomic E-state index is 13.4. The lowest BCUT2D eigenvalue weighted by Gasteiger charge is -2.30. The lowest BCUT2D eigenvalue weighted by atomic mass is 10.1. The predicted octanol–water partition coefficient (Wildman–Crippen LogP) is 16.5. The quantitative estimate of drug-likeness (QED) is 0.0212. The number of nitrogens with zero attached hydrogens (tertiary/aromatic N) is 1. The number of rotatable bonds is 51. The highest BCUT2D eigenvalue weighted by molar-refractivity contribution is 7.45. The molecule has 3 atom stereocenters. The molecule has 69 heavy (non-hydrogen) atoms. The van der Waals surface area contributed by atoms with Gasteiger partial charge in [0, 0.05) is 12.8 Å². The van der Waals surface area contributed by atoms with Crippen molar-refractivity contribution < 1.29 is 37.3 Å². The van der Waals surface area contributed by atoms with Crippen LogP contribution in [0.3, 0.4) is 0 Å². The molecular weight excluding hydrogens is 880 g/mol. The molecular formula is C59H109N2O7P. The molecule has 0 rings (SSSR count). The molecule has 0 aromatic rings. The number of allylic oxidation sites excluding steroid dienone is 9. The number of hydrogen-bond acceptors (Lipinski definition) is 7. The Hall–Kier alpha value is -2.29. The van der Waals surface area contributed by atoms with Gasteiger partial charge in [-0.3, -0.25) is 14.2 Å². The molecule has 0 aliphatic heterocycles. The maximum Gasteiger partial charge on any atom is 0.306 e. The first-order chi connectivity index (χ1) is 33.4. The predicted molar refractivity (Wildman–Crippen MR) is 293 cm³/mol. The number of carbonyl (C=O) groups excluding carboxylic acids is 2. The maximum atomic E-state index is 13.4. The lowest BCUT2D eigenvalue weighted by molar-refractivity contribution is -0.870. The Kier molecular flexibility index (Phi) is 47.7. The summed E-state index contributed by atoms with van der Waals surface area (Å²) in [5, 5.41) is 3.00. The average Bonchev–Trinajstić information content (AvgIpc) is 3.31. The van der Waals surface area contributed by atoms with Crippen molar-refractivity contribution in [3.8, 4) is 0 Å². The number of hydrogen-bond donors (Lipinski definition) is 1. The van der Waals surface area contributed by atoms with Crippen LogP contribution in [0.15, 0.2) is 60.8 Å². The van der Waals surface area contributed by atoms with Gasteiger partial charge in [0.05, 0.1) is 33.8 Å². The second kappa shape index (κ2) is 49.3. The van der Waals surface area contributed by atoms with Gasteiger partial charge >= 0.3 is 5.97 Å². The summed E-state index contributed by atoms with van der Waals surface area (Å²) in [4.78, 5) is 39.8. The summed E-state index contributed by atoms with van der Waals surface area (Å²) in [6.07, 6.45) is 60.4. The molecule has 0 heterocycles. The van der Waals surface area contributed by atoms with Crippen LogP contribution < -0.4 is 10.2 Å². The SMILES string of the molecule is CCCCC/C=C\C/C=C\C/C=C\CCCCCCCCC(=O)OC(/C=C\CCCCCCCCCCC)C(COP(=O)([O-])OCC[N+](C)(C)C)NC(=O)CCCCC/C=C\CCCCCCCC. The number of likely N-dealkylation sites (N-methyl/N-ethyl adjacent to an activating group) is 1. The summed E-state index contributed by atoms with van der Waals surface area (Å²) in [5.41, 5.74) is 0. The zero-order valence-corrected chi connectivity index (χ0v) is 46.7. The monoisotopic (exact) mass is 989 g/mol. The molecule has 0 bridgehead atoms. The Labute approximate surface area is 426 Å². The van der Waals surface area contributed by atoms with E-state index in [9.17, 15) is 19.0 Å². The van der Waals surface area contributed by atoms with E-state index in [1.165, 1.54) is 122 Å². The molecule has 9 nitrogen and oxygen atoms in total. The van der Waals surface area contributed by atoms with Crippen molar-refractivity contribution in [3.05, 3.63) is 60.8 Å². The number of phosphoric ester groups is 1. The van der Waals surface area contributed by atoms with Gasteiger partial charge in [-0.05, 0) is 96.0 Å². The van der Waals surface area contributed by atoms with E-state index in [4.69, 9.17) is 13.8 Å². The highest BCUT2D eigenvalue weighted by atomic mass is 31.2. The zero-order valence-electron chi connectivity index (χ0n) is 45.8. The molecule has 0 aliphatic carbocycles. The van der Waals surface area contributed by atoms with Gasteiger partial charge in [-0.15, -0.1) is 0 Å². The molecule has 1 amide bonds. The third kappa shape index (κ3) is 50.4. The molecule has 0 spiro atoms.